The Bertz CT molecular complexity index is 650. The molecule has 0 bridgehead atoms. The van der Waals surface area contributed by atoms with Crippen LogP contribution in [0.25, 0.3) is 0 Å². The molecule has 0 saturated carbocycles. The van der Waals surface area contributed by atoms with Crippen LogP contribution >= 0.6 is 12.4 Å². The average molecular weight is 335 g/mol. The Kier molecular flexibility index (Phi) is 6.19. The van der Waals surface area contributed by atoms with Gasteiger partial charge in [-0.2, -0.15) is 0 Å². The standard InChI is InChI=1S/C17H22N4O.ClH/c1-13-18-8-9-21(13)12-15-5-2-4-14(10-15)11-20-17(22)16-6-3-7-19-16;/h2,4-5,8-10,16,19H,3,6-7,11-12H2,1H3,(H,20,22);1H. The number of hydrogen-bond donors (Lipinski definition) is 2. The minimum atomic E-state index is -0.0169. The zero-order chi connectivity index (χ0) is 15.4. The zero-order valence-electron chi connectivity index (χ0n) is 13.3. The molecule has 23 heavy (non-hydrogen) atoms. The van der Waals surface area contributed by atoms with Crippen molar-refractivity contribution in [2.75, 3.05) is 6.54 Å². The number of nitrogens with zero attached hydrogens (tertiary/aromatic N) is 2. The molecule has 2 aromatic rings. The van der Waals surface area contributed by atoms with E-state index in [1.54, 1.807) is 0 Å². The third kappa shape index (κ3) is 4.56. The number of carbonyl (C=O) groups excluding carboxylic acids is 1. The van der Waals surface area contributed by atoms with Crippen LogP contribution in [0.1, 0.15) is 29.8 Å². The maximum atomic E-state index is 12.0. The SMILES string of the molecule is Cc1nccn1Cc1cccc(CNC(=O)C2CCCN2)c1.Cl. The Morgan fingerprint density at radius 3 is 2.96 bits per heavy atom. The first kappa shape index (κ1) is 17.5. The van der Waals surface area contributed by atoms with E-state index >= 15 is 0 Å². The lowest BCUT2D eigenvalue weighted by Crippen LogP contribution is -2.40. The molecule has 0 radical (unpaired) electrons. The molecule has 0 spiro atoms. The Labute approximate surface area is 142 Å². The Morgan fingerprint density at radius 2 is 2.26 bits per heavy atom. The van der Waals surface area contributed by atoms with Crippen LogP contribution in [0.2, 0.25) is 0 Å². The molecule has 1 unspecified atom stereocenters. The fourth-order valence-corrected chi connectivity index (χ4v) is 2.83. The number of nitrogens with one attached hydrogen (secondary N) is 2. The van der Waals surface area contributed by atoms with Crippen molar-refractivity contribution in [3.8, 4) is 0 Å². The van der Waals surface area contributed by atoms with Gasteiger partial charge in [0.15, 0.2) is 0 Å². The van der Waals surface area contributed by atoms with Gasteiger partial charge < -0.3 is 15.2 Å². The topological polar surface area (TPSA) is 59.0 Å². The highest BCUT2D eigenvalue weighted by Gasteiger charge is 2.21. The second kappa shape index (κ2) is 8.13. The van der Waals surface area contributed by atoms with Gasteiger partial charge in [-0.15, -0.1) is 12.4 Å². The van der Waals surface area contributed by atoms with Crippen molar-refractivity contribution in [3.05, 3.63) is 53.6 Å². The summed E-state index contributed by atoms with van der Waals surface area (Å²) in [5.41, 5.74) is 2.34. The fourth-order valence-electron chi connectivity index (χ4n) is 2.83. The van der Waals surface area contributed by atoms with E-state index in [1.165, 1.54) is 5.56 Å². The Morgan fingerprint density at radius 1 is 1.43 bits per heavy atom. The van der Waals surface area contributed by atoms with Crippen molar-refractivity contribution in [2.24, 2.45) is 0 Å². The molecule has 0 aliphatic carbocycles. The molecule has 1 aliphatic rings. The monoisotopic (exact) mass is 334 g/mol. The van der Waals surface area contributed by atoms with Crippen LogP contribution in [-0.2, 0) is 17.9 Å². The second-order valence-electron chi connectivity index (χ2n) is 5.79. The van der Waals surface area contributed by atoms with Crippen molar-refractivity contribution < 1.29 is 4.79 Å². The summed E-state index contributed by atoms with van der Waals surface area (Å²) in [5.74, 6) is 1.11. The van der Waals surface area contributed by atoms with Gasteiger partial charge in [0.05, 0.1) is 6.04 Å². The molecular formula is C17H23ClN4O. The number of rotatable bonds is 5. The molecule has 1 aliphatic heterocycles. The van der Waals surface area contributed by atoms with Gasteiger partial charge >= 0.3 is 0 Å². The summed E-state index contributed by atoms with van der Waals surface area (Å²) in [6.07, 6.45) is 5.81. The summed E-state index contributed by atoms with van der Waals surface area (Å²) in [6, 6.07) is 8.31. The van der Waals surface area contributed by atoms with Crippen LogP contribution in [0.4, 0.5) is 0 Å². The van der Waals surface area contributed by atoms with Gasteiger partial charge in [-0.25, -0.2) is 4.98 Å². The summed E-state index contributed by atoms with van der Waals surface area (Å²) >= 11 is 0. The summed E-state index contributed by atoms with van der Waals surface area (Å²) in [6.45, 7) is 4.32. The first-order chi connectivity index (χ1) is 10.7. The van der Waals surface area contributed by atoms with Gasteiger partial charge in [0.1, 0.15) is 5.82 Å². The minimum Gasteiger partial charge on any atom is -0.351 e. The molecular weight excluding hydrogens is 312 g/mol. The third-order valence-electron chi connectivity index (χ3n) is 4.11. The van der Waals surface area contributed by atoms with Gasteiger partial charge in [-0.1, -0.05) is 24.3 Å². The number of benzene rings is 1. The van der Waals surface area contributed by atoms with Crippen LogP contribution in [0, 0.1) is 6.92 Å². The number of aromatic nitrogens is 2. The smallest absolute Gasteiger partial charge is 0.237 e. The lowest BCUT2D eigenvalue weighted by molar-refractivity contribution is -0.122. The molecule has 1 atom stereocenters. The summed E-state index contributed by atoms with van der Waals surface area (Å²) in [4.78, 5) is 16.3. The maximum absolute atomic E-state index is 12.0. The highest BCUT2D eigenvalue weighted by molar-refractivity contribution is 5.85. The molecule has 1 saturated heterocycles. The van der Waals surface area contributed by atoms with Crippen LogP contribution in [0.3, 0.4) is 0 Å². The largest absolute Gasteiger partial charge is 0.351 e. The lowest BCUT2D eigenvalue weighted by atomic mass is 10.1. The molecule has 2 N–H and O–H groups in total. The Hall–Kier alpha value is -1.85. The van der Waals surface area contributed by atoms with Gasteiger partial charge in [0.2, 0.25) is 5.91 Å². The van der Waals surface area contributed by atoms with Crippen molar-refractivity contribution >= 4 is 18.3 Å². The van der Waals surface area contributed by atoms with E-state index < -0.39 is 0 Å². The molecule has 1 aromatic heterocycles. The minimum absolute atomic E-state index is 0. The van der Waals surface area contributed by atoms with Crippen LogP contribution in [-0.4, -0.2) is 28.0 Å². The van der Waals surface area contributed by atoms with Crippen molar-refractivity contribution in [3.63, 3.8) is 0 Å². The molecule has 124 valence electrons. The fraction of sp³-hybridized carbons (Fsp3) is 0.412. The molecule has 1 fully saturated rings. The quantitative estimate of drug-likeness (QED) is 0.879. The summed E-state index contributed by atoms with van der Waals surface area (Å²) < 4.78 is 2.11. The predicted molar refractivity (Wildman–Crippen MR) is 92.6 cm³/mol. The molecule has 1 amide bonds. The first-order valence-electron chi connectivity index (χ1n) is 7.79. The average Bonchev–Trinajstić information content (AvgIpc) is 3.18. The summed E-state index contributed by atoms with van der Waals surface area (Å²) in [5, 5.41) is 6.24. The van der Waals surface area contributed by atoms with E-state index in [9.17, 15) is 4.79 Å². The third-order valence-corrected chi connectivity index (χ3v) is 4.11. The summed E-state index contributed by atoms with van der Waals surface area (Å²) in [7, 11) is 0. The normalized spacial score (nSPS) is 16.8. The number of halogens is 1. The predicted octanol–water partition coefficient (Wildman–Crippen LogP) is 2.03. The van der Waals surface area contributed by atoms with Gasteiger partial charge in [-0.05, 0) is 37.4 Å². The van der Waals surface area contributed by atoms with E-state index in [2.05, 4.69) is 32.3 Å². The molecule has 1 aromatic carbocycles. The van der Waals surface area contributed by atoms with Crippen molar-refractivity contribution in [2.45, 2.75) is 38.9 Å². The van der Waals surface area contributed by atoms with Crippen molar-refractivity contribution in [1.82, 2.24) is 20.2 Å². The molecule has 5 nitrogen and oxygen atoms in total. The zero-order valence-corrected chi connectivity index (χ0v) is 14.1. The van der Waals surface area contributed by atoms with E-state index in [1.807, 2.05) is 31.5 Å². The van der Waals surface area contributed by atoms with Crippen LogP contribution < -0.4 is 10.6 Å². The van der Waals surface area contributed by atoms with Gasteiger partial charge in [0, 0.05) is 25.5 Å². The van der Waals surface area contributed by atoms with E-state index in [0.29, 0.717) is 6.54 Å². The number of hydrogen-bond acceptors (Lipinski definition) is 3. The van der Waals surface area contributed by atoms with Crippen LogP contribution in [0.15, 0.2) is 36.7 Å². The number of aryl methyl sites for hydroxylation is 1. The van der Waals surface area contributed by atoms with E-state index in [0.717, 1.165) is 37.3 Å². The maximum Gasteiger partial charge on any atom is 0.237 e. The van der Waals surface area contributed by atoms with Gasteiger partial charge in [-0.3, -0.25) is 4.79 Å². The van der Waals surface area contributed by atoms with Crippen molar-refractivity contribution in [1.29, 1.82) is 0 Å². The highest BCUT2D eigenvalue weighted by atomic mass is 35.5. The number of imidazole rings is 1. The highest BCUT2D eigenvalue weighted by Crippen LogP contribution is 2.10. The van der Waals surface area contributed by atoms with Crippen LogP contribution in [0.5, 0.6) is 0 Å². The number of amides is 1. The van der Waals surface area contributed by atoms with Gasteiger partial charge in [0.25, 0.3) is 0 Å². The molecule has 3 rings (SSSR count). The lowest BCUT2D eigenvalue weighted by Gasteiger charge is -2.12. The first-order valence-corrected chi connectivity index (χ1v) is 7.79. The van der Waals surface area contributed by atoms with E-state index in [4.69, 9.17) is 0 Å². The number of carbonyl (C=O) groups is 1. The Balaban J connectivity index is 0.00000192. The molecule has 6 heteroatoms. The molecule has 2 heterocycles. The van der Waals surface area contributed by atoms with E-state index in [-0.39, 0.29) is 24.4 Å². The second-order valence-corrected chi connectivity index (χ2v) is 5.79.